The summed E-state index contributed by atoms with van der Waals surface area (Å²) in [6, 6.07) is 17.8. The molecule has 0 spiro atoms. The van der Waals surface area contributed by atoms with E-state index in [-0.39, 0.29) is 42.4 Å². The molecule has 3 aliphatic heterocycles. The molecule has 0 saturated carbocycles. The maximum absolute atomic E-state index is 13.0. The second-order valence-electron chi connectivity index (χ2n) is 10.7. The molecule has 3 aliphatic rings. The SMILES string of the molecule is CN1C(=O)C(=Cc2cc3c([se]2)N2c4ccccc4[Si](C)(C)c4cccc(c42)C3(C)C)C(=O)N(C)C1=S. The monoisotopic (exact) mass is 577 g/mol. The number of fused-ring (bicyclic) bond motifs is 4. The predicted molar refractivity (Wildman–Crippen MR) is 153 cm³/mol. The number of hydrogen-bond acceptors (Lipinski definition) is 4. The molecular formula is C28H27N3O2SSeSi. The van der Waals surface area contributed by atoms with Gasteiger partial charge in [-0.25, -0.2) is 0 Å². The number of benzene rings is 2. The topological polar surface area (TPSA) is 43.9 Å². The van der Waals surface area contributed by atoms with Crippen molar-refractivity contribution in [1.82, 2.24) is 9.80 Å². The molecule has 0 N–H and O–H groups in total. The summed E-state index contributed by atoms with van der Waals surface area (Å²) < 4.78 is 2.32. The Morgan fingerprint density at radius 3 is 2.25 bits per heavy atom. The number of likely N-dealkylation sites (N-methyl/N-ethyl adjacent to an activating group) is 2. The molecule has 6 rings (SSSR count). The van der Waals surface area contributed by atoms with Gasteiger partial charge in [0.05, 0.1) is 0 Å². The van der Waals surface area contributed by atoms with Crippen LogP contribution in [0.5, 0.6) is 0 Å². The van der Waals surface area contributed by atoms with E-state index in [2.05, 4.69) is 80.4 Å². The number of amides is 2. The van der Waals surface area contributed by atoms with E-state index in [9.17, 15) is 9.59 Å². The molecule has 5 nitrogen and oxygen atoms in total. The Kier molecular flexibility index (Phi) is 5.00. The number of rotatable bonds is 1. The van der Waals surface area contributed by atoms with Gasteiger partial charge >= 0.3 is 225 Å². The summed E-state index contributed by atoms with van der Waals surface area (Å²) >= 11 is 5.19. The second-order valence-corrected chi connectivity index (χ2v) is 17.7. The summed E-state index contributed by atoms with van der Waals surface area (Å²) in [5, 5.41) is 3.14. The number of nitrogens with zero attached hydrogens (tertiary/aromatic N) is 3. The number of carbonyl (C=O) groups excluding carboxylic acids is 2. The van der Waals surface area contributed by atoms with Crippen molar-refractivity contribution in [1.29, 1.82) is 0 Å². The van der Waals surface area contributed by atoms with Gasteiger partial charge in [-0.3, -0.25) is 0 Å². The van der Waals surface area contributed by atoms with Gasteiger partial charge in [0.1, 0.15) is 0 Å². The van der Waals surface area contributed by atoms with Crippen LogP contribution in [0.4, 0.5) is 15.9 Å². The van der Waals surface area contributed by atoms with Crippen molar-refractivity contribution in [3.8, 4) is 0 Å². The van der Waals surface area contributed by atoms with Crippen LogP contribution >= 0.6 is 12.2 Å². The normalized spacial score (nSPS) is 19.2. The van der Waals surface area contributed by atoms with Gasteiger partial charge in [0.2, 0.25) is 0 Å². The molecule has 1 saturated heterocycles. The minimum absolute atomic E-state index is 0.0732. The van der Waals surface area contributed by atoms with Crippen molar-refractivity contribution >= 4 is 84.1 Å². The molecule has 0 bridgehead atoms. The average Bonchev–Trinajstić information content (AvgIpc) is 3.29. The van der Waals surface area contributed by atoms with Crippen molar-refractivity contribution in [2.45, 2.75) is 32.4 Å². The molecule has 0 unspecified atom stereocenters. The van der Waals surface area contributed by atoms with Gasteiger partial charge in [0.25, 0.3) is 0 Å². The van der Waals surface area contributed by atoms with Crippen molar-refractivity contribution in [3.05, 3.63) is 69.7 Å². The quantitative estimate of drug-likeness (QED) is 0.192. The third-order valence-electron chi connectivity index (χ3n) is 7.96. The van der Waals surface area contributed by atoms with Crippen molar-refractivity contribution in [2.24, 2.45) is 0 Å². The summed E-state index contributed by atoms with van der Waals surface area (Å²) in [7, 11) is 1.36. The van der Waals surface area contributed by atoms with Crippen LogP contribution in [0.3, 0.4) is 0 Å². The first kappa shape index (κ1) is 23.6. The number of hydrogen-bond donors (Lipinski definition) is 0. The van der Waals surface area contributed by atoms with Crippen LogP contribution < -0.4 is 15.3 Å². The molecular weight excluding hydrogens is 549 g/mol. The van der Waals surface area contributed by atoms with Crippen LogP contribution in [0.2, 0.25) is 13.1 Å². The molecule has 2 amide bonds. The van der Waals surface area contributed by atoms with E-state index in [0.717, 1.165) is 4.44 Å². The third kappa shape index (κ3) is 2.96. The van der Waals surface area contributed by atoms with Crippen LogP contribution in [0.1, 0.15) is 29.4 Å². The molecule has 1 aromatic heterocycles. The standard InChI is InChI=1S/C28H27N3O2SSeSi/c1-28(2)18-10-9-13-22-23(18)31(20-11-7-8-12-21(20)36(22,5)6)26-19(28)15-16(35-26)14-17-24(32)29(3)27(34)30(4)25(17)33/h7-15H,1-6H3. The second kappa shape index (κ2) is 7.62. The first-order valence-corrected chi connectivity index (χ1v) is 17.1. The zero-order chi connectivity index (χ0) is 25.7. The Balaban J connectivity index is 1.59. The van der Waals surface area contributed by atoms with E-state index in [4.69, 9.17) is 12.2 Å². The molecule has 2 aromatic carbocycles. The van der Waals surface area contributed by atoms with Crippen LogP contribution in [-0.4, -0.2) is 63.4 Å². The molecule has 3 aromatic rings. The molecule has 0 aliphatic carbocycles. The number of para-hydroxylation sites is 2. The Bertz CT molecular complexity index is 1530. The Labute approximate surface area is 223 Å². The fourth-order valence-corrected chi connectivity index (χ4v) is 11.7. The molecule has 0 radical (unpaired) electrons. The van der Waals surface area contributed by atoms with E-state index in [1.54, 1.807) is 20.2 Å². The molecule has 182 valence electrons. The molecule has 4 heterocycles. The average molecular weight is 577 g/mol. The summed E-state index contributed by atoms with van der Waals surface area (Å²) in [5.74, 6) is -0.684. The van der Waals surface area contributed by atoms with Gasteiger partial charge in [-0.15, -0.1) is 0 Å². The molecule has 36 heavy (non-hydrogen) atoms. The fraction of sp³-hybridized carbons (Fsp3) is 0.250. The zero-order valence-corrected chi connectivity index (χ0v) is 24.7. The van der Waals surface area contributed by atoms with Gasteiger partial charge in [0, 0.05) is 0 Å². The van der Waals surface area contributed by atoms with Crippen LogP contribution in [-0.2, 0) is 15.0 Å². The first-order valence-electron chi connectivity index (χ1n) is 12.0. The summed E-state index contributed by atoms with van der Waals surface area (Å²) in [5.41, 5.74) is 5.20. The van der Waals surface area contributed by atoms with Gasteiger partial charge in [-0.1, -0.05) is 0 Å². The summed E-state index contributed by atoms with van der Waals surface area (Å²) in [6.07, 6.45) is 1.80. The predicted octanol–water partition coefficient (Wildman–Crippen LogP) is 3.59. The van der Waals surface area contributed by atoms with E-state index in [1.165, 1.54) is 47.2 Å². The number of anilines is 3. The summed E-state index contributed by atoms with van der Waals surface area (Å²) in [4.78, 5) is 31.2. The van der Waals surface area contributed by atoms with E-state index in [0.29, 0.717) is 0 Å². The van der Waals surface area contributed by atoms with Gasteiger partial charge in [-0.2, -0.15) is 0 Å². The van der Waals surface area contributed by atoms with Gasteiger partial charge in [-0.05, 0) is 0 Å². The number of thiocarbonyl (C=S) groups is 1. The fourth-order valence-electron chi connectivity index (χ4n) is 5.81. The van der Waals surface area contributed by atoms with Crippen molar-refractivity contribution in [2.75, 3.05) is 19.0 Å². The Hall–Kier alpha value is -2.77. The molecule has 1 fully saturated rings. The van der Waals surface area contributed by atoms with Crippen LogP contribution in [0, 0.1) is 0 Å². The van der Waals surface area contributed by atoms with Gasteiger partial charge in [0.15, 0.2) is 0 Å². The summed E-state index contributed by atoms with van der Waals surface area (Å²) in [6.45, 7) is 9.48. The Morgan fingerprint density at radius 1 is 0.917 bits per heavy atom. The first-order chi connectivity index (χ1) is 17.0. The van der Waals surface area contributed by atoms with Crippen LogP contribution in [0.25, 0.3) is 6.08 Å². The van der Waals surface area contributed by atoms with Crippen molar-refractivity contribution in [3.63, 3.8) is 0 Å². The maximum atomic E-state index is 13.0. The van der Waals surface area contributed by atoms with E-state index >= 15 is 0 Å². The number of carbonyl (C=O) groups is 2. The van der Waals surface area contributed by atoms with Gasteiger partial charge < -0.3 is 0 Å². The molecule has 0 atom stereocenters. The van der Waals surface area contributed by atoms with E-state index in [1.807, 2.05) is 0 Å². The van der Waals surface area contributed by atoms with Crippen molar-refractivity contribution < 1.29 is 9.59 Å². The zero-order valence-electron chi connectivity index (χ0n) is 21.2. The molecule has 8 heteroatoms. The third-order valence-corrected chi connectivity index (χ3v) is 14.3. The Morgan fingerprint density at radius 2 is 1.56 bits per heavy atom. The van der Waals surface area contributed by atoms with E-state index < -0.39 is 8.07 Å². The minimum atomic E-state index is -1.88. The van der Waals surface area contributed by atoms with Crippen LogP contribution in [0.15, 0.2) is 54.1 Å².